The molecule has 5 heteroatoms. The highest BCUT2D eigenvalue weighted by atomic mass is 16.3. The average molecular weight is 729 g/mol. The number of hydrogen-bond acceptors (Lipinski definition) is 5. The lowest BCUT2D eigenvalue weighted by molar-refractivity contribution is 0.668. The van der Waals surface area contributed by atoms with Crippen molar-refractivity contribution in [1.82, 2.24) is 15.0 Å². The summed E-state index contributed by atoms with van der Waals surface area (Å²) in [4.78, 5) is 14.6. The minimum absolute atomic E-state index is 0.124. The van der Waals surface area contributed by atoms with Crippen molar-refractivity contribution in [2.24, 2.45) is 0 Å². The van der Waals surface area contributed by atoms with Gasteiger partial charge in [-0.2, -0.15) is 0 Å². The third-order valence-electron chi connectivity index (χ3n) is 9.71. The average Bonchev–Trinajstić information content (AvgIpc) is 3.95. The van der Waals surface area contributed by atoms with Crippen molar-refractivity contribution >= 4 is 43.9 Å². The third kappa shape index (κ3) is 5.62. The molecule has 0 saturated heterocycles. The number of rotatable bonds is 6. The molecule has 0 atom stereocenters. The summed E-state index contributed by atoms with van der Waals surface area (Å²) in [5, 5.41) is 1.26. The second-order valence-corrected chi connectivity index (χ2v) is 13.1. The molecular weight excluding hydrogens is 687 g/mol. The van der Waals surface area contributed by atoms with E-state index in [1.165, 1.54) is 0 Å². The second-order valence-electron chi connectivity index (χ2n) is 13.1. The van der Waals surface area contributed by atoms with Crippen LogP contribution in [0, 0.1) is 0 Å². The van der Waals surface area contributed by atoms with Crippen LogP contribution in [0.1, 0.15) is 15.1 Å². The fourth-order valence-electron chi connectivity index (χ4n) is 6.92. The van der Waals surface area contributed by atoms with E-state index in [1.54, 1.807) is 0 Å². The second kappa shape index (κ2) is 13.0. The van der Waals surface area contributed by atoms with Gasteiger partial charge in [0.05, 0.1) is 15.1 Å². The van der Waals surface area contributed by atoms with Crippen molar-refractivity contribution in [2.45, 2.75) is 0 Å². The number of hydrogen-bond donors (Lipinski definition) is 0. The monoisotopic (exact) mass is 728 g/mol. The number of aromatic nitrogens is 3. The van der Waals surface area contributed by atoms with E-state index in [9.17, 15) is 5.48 Å². The van der Waals surface area contributed by atoms with Crippen LogP contribution in [0.15, 0.2) is 197 Å². The number of fused-ring (bicyclic) bond motifs is 6. The lowest BCUT2D eigenvalue weighted by Gasteiger charge is -2.09. The van der Waals surface area contributed by atoms with Crippen LogP contribution in [0.3, 0.4) is 0 Å². The molecule has 262 valence electrons. The first-order chi connectivity index (χ1) is 32.3. The summed E-state index contributed by atoms with van der Waals surface area (Å²) in [5.41, 5.74) is 4.77. The topological polar surface area (TPSA) is 65.0 Å². The van der Waals surface area contributed by atoms with Gasteiger partial charge in [0.15, 0.2) is 17.5 Å². The van der Waals surface area contributed by atoms with Crippen LogP contribution in [-0.2, 0) is 0 Å². The highest BCUT2D eigenvalue weighted by Gasteiger charge is 2.17. The zero-order valence-electron chi connectivity index (χ0n) is 40.2. The van der Waals surface area contributed by atoms with Crippen molar-refractivity contribution < 1.29 is 23.9 Å². The van der Waals surface area contributed by atoms with Gasteiger partial charge in [-0.3, -0.25) is 0 Å². The predicted octanol–water partition coefficient (Wildman–Crippen LogP) is 13.7. The Balaban J connectivity index is 1.12. The van der Waals surface area contributed by atoms with Crippen LogP contribution >= 0.6 is 0 Å². The Morgan fingerprint density at radius 2 is 0.929 bits per heavy atom. The van der Waals surface area contributed by atoms with Gasteiger partial charge in [-0.05, 0) is 87.9 Å². The lowest BCUT2D eigenvalue weighted by Crippen LogP contribution is -2.00. The van der Waals surface area contributed by atoms with Gasteiger partial charge in [0.2, 0.25) is 0 Å². The number of nitrogens with zero attached hydrogens (tertiary/aromatic N) is 3. The van der Waals surface area contributed by atoms with E-state index in [-0.39, 0.29) is 45.0 Å². The van der Waals surface area contributed by atoms with E-state index in [0.717, 1.165) is 33.0 Å². The van der Waals surface area contributed by atoms with Crippen LogP contribution in [-0.4, -0.2) is 15.0 Å². The highest BCUT2D eigenvalue weighted by Crippen LogP contribution is 2.37. The van der Waals surface area contributed by atoms with E-state index < -0.39 is 77.6 Å². The van der Waals surface area contributed by atoms with Crippen LogP contribution in [0.4, 0.5) is 0 Å². The Kier molecular flexibility index (Phi) is 5.25. The Labute approximate surface area is 337 Å². The first-order valence-corrected chi connectivity index (χ1v) is 17.8. The van der Waals surface area contributed by atoms with E-state index in [0.29, 0.717) is 22.3 Å². The molecule has 8 aromatic carbocycles. The lowest BCUT2D eigenvalue weighted by atomic mass is 10.0. The Hall–Kier alpha value is -7.63. The Bertz CT molecular complexity index is 3850. The molecule has 3 aromatic heterocycles. The standard InChI is InChI=1S/C51H31N3O2/c1-4-10-32(11-5-1)35-16-18-36(19-17-35)49-52-50(39-23-27-46-44(29-39)41-24-20-38(30-47(41)55-46)34-14-8-3-9-15-34)54-51(53-49)40-21-25-42-43-28-37(33-12-6-2-7-13-33)22-26-45(43)56-48(42)31-40/h1-31H/i2D,6D,7D,12D,13D,21D,22D,25D,26D,28D,31D. The minimum Gasteiger partial charge on any atom is -0.456 e. The van der Waals surface area contributed by atoms with E-state index >= 15 is 0 Å². The molecule has 0 amide bonds. The van der Waals surface area contributed by atoms with Gasteiger partial charge in [0.1, 0.15) is 22.3 Å². The summed E-state index contributed by atoms with van der Waals surface area (Å²) in [5.74, 6) is 0.285. The third-order valence-corrected chi connectivity index (χ3v) is 9.71. The summed E-state index contributed by atoms with van der Waals surface area (Å²) in [6.45, 7) is 0. The molecular formula is C51H31N3O2. The summed E-state index contributed by atoms with van der Waals surface area (Å²) in [6.07, 6.45) is 0. The molecule has 11 rings (SSSR count). The predicted molar refractivity (Wildman–Crippen MR) is 227 cm³/mol. The maximum atomic E-state index is 9.53. The molecule has 3 heterocycles. The molecule has 56 heavy (non-hydrogen) atoms. The van der Waals surface area contributed by atoms with Crippen LogP contribution in [0.25, 0.3) is 111 Å². The molecule has 0 unspecified atom stereocenters. The molecule has 0 aliphatic carbocycles. The van der Waals surface area contributed by atoms with Crippen LogP contribution in [0.2, 0.25) is 0 Å². The molecule has 0 radical (unpaired) electrons. The van der Waals surface area contributed by atoms with Crippen molar-refractivity contribution in [2.75, 3.05) is 0 Å². The molecule has 0 spiro atoms. The summed E-state index contributed by atoms with van der Waals surface area (Å²) in [6, 6.07) is 32.3. The van der Waals surface area contributed by atoms with Gasteiger partial charge in [-0.25, -0.2) is 15.0 Å². The quantitative estimate of drug-likeness (QED) is 0.171. The van der Waals surface area contributed by atoms with Crippen LogP contribution in [0.5, 0.6) is 0 Å². The molecule has 0 N–H and O–H groups in total. The maximum Gasteiger partial charge on any atom is 0.164 e. The smallest absolute Gasteiger partial charge is 0.164 e. The van der Waals surface area contributed by atoms with Gasteiger partial charge in [0.25, 0.3) is 0 Å². The van der Waals surface area contributed by atoms with E-state index in [2.05, 4.69) is 0 Å². The number of furan rings is 2. The molecule has 0 bridgehead atoms. The van der Waals surface area contributed by atoms with Crippen molar-refractivity contribution in [3.8, 4) is 67.5 Å². The molecule has 0 aliphatic heterocycles. The van der Waals surface area contributed by atoms with Gasteiger partial charge in [0, 0.05) is 38.2 Å². The first kappa shape index (κ1) is 22.6. The van der Waals surface area contributed by atoms with Gasteiger partial charge in [-0.15, -0.1) is 0 Å². The summed E-state index contributed by atoms with van der Waals surface area (Å²) in [7, 11) is 0. The molecule has 11 aromatic rings. The SMILES string of the molecule is [2H]c1c([2H])c([2H])c(-c2c([2H])c([2H])c3oc4c([2H])c(-c5nc(-c6ccc(-c7ccccc7)cc6)nc(-c6ccc7oc8cc(-c9ccccc9)ccc8c7c6)n5)c([2H])c([2H])c4c3c2[2H])c([2H])c1[2H]. The zero-order chi connectivity index (χ0) is 46.6. The summed E-state index contributed by atoms with van der Waals surface area (Å²) >= 11 is 0. The Morgan fingerprint density at radius 1 is 0.321 bits per heavy atom. The molecule has 0 fully saturated rings. The van der Waals surface area contributed by atoms with Crippen LogP contribution < -0.4 is 0 Å². The minimum atomic E-state index is -0.690. The van der Waals surface area contributed by atoms with Crippen molar-refractivity contribution in [1.29, 1.82) is 0 Å². The van der Waals surface area contributed by atoms with Gasteiger partial charge >= 0.3 is 0 Å². The first-order valence-electron chi connectivity index (χ1n) is 23.3. The fraction of sp³-hybridized carbons (Fsp3) is 0. The largest absolute Gasteiger partial charge is 0.456 e. The summed E-state index contributed by atoms with van der Waals surface area (Å²) < 4.78 is 109. The maximum absolute atomic E-state index is 9.53. The van der Waals surface area contributed by atoms with Gasteiger partial charge < -0.3 is 8.83 Å². The molecule has 0 aliphatic rings. The zero-order valence-corrected chi connectivity index (χ0v) is 29.2. The van der Waals surface area contributed by atoms with Crippen molar-refractivity contribution in [3.05, 3.63) is 188 Å². The highest BCUT2D eigenvalue weighted by molar-refractivity contribution is 6.08. The van der Waals surface area contributed by atoms with E-state index in [4.69, 9.17) is 33.4 Å². The fourth-order valence-corrected chi connectivity index (χ4v) is 6.92. The normalized spacial score (nSPS) is 14.3. The van der Waals surface area contributed by atoms with E-state index in [1.807, 2.05) is 121 Å². The molecule has 5 nitrogen and oxygen atoms in total. The number of benzene rings is 8. The van der Waals surface area contributed by atoms with Gasteiger partial charge in [-0.1, -0.05) is 133 Å². The Morgan fingerprint density at radius 3 is 1.70 bits per heavy atom. The molecule has 0 saturated carbocycles. The van der Waals surface area contributed by atoms with Crippen molar-refractivity contribution in [3.63, 3.8) is 0 Å².